The van der Waals surface area contributed by atoms with Gasteiger partial charge in [-0.15, -0.1) is 0 Å². The van der Waals surface area contributed by atoms with Crippen LogP contribution in [-0.2, 0) is 0 Å². The second kappa shape index (κ2) is 5.16. The van der Waals surface area contributed by atoms with Gasteiger partial charge in [-0.25, -0.2) is 0 Å². The van der Waals surface area contributed by atoms with E-state index in [2.05, 4.69) is 24.8 Å². The Hall–Kier alpha value is -1.04. The monoisotopic (exact) mass is 200 g/mol. The van der Waals surface area contributed by atoms with Crippen molar-refractivity contribution in [3.8, 4) is 0 Å². The Morgan fingerprint density at radius 3 is 3.07 bits per heavy atom. The van der Waals surface area contributed by atoms with Gasteiger partial charge in [0.2, 0.25) is 0 Å². The average Bonchev–Trinajstić information content (AvgIpc) is 2.53. The predicted molar refractivity (Wildman–Crippen MR) is 66.8 cm³/mol. The summed E-state index contributed by atoms with van der Waals surface area (Å²) in [4.78, 5) is 0. The fourth-order valence-corrected chi connectivity index (χ4v) is 2.47. The van der Waals surface area contributed by atoms with Crippen LogP contribution in [0.4, 0.5) is 0 Å². The molecule has 0 bridgehead atoms. The average molecular weight is 200 g/mol. The molecule has 15 heavy (non-hydrogen) atoms. The van der Waals surface area contributed by atoms with Crippen LogP contribution in [0.15, 0.2) is 47.6 Å². The largest absolute Gasteiger partial charge is 0.0985 e. The van der Waals surface area contributed by atoms with Crippen molar-refractivity contribution in [2.24, 2.45) is 0 Å². The van der Waals surface area contributed by atoms with Crippen LogP contribution in [0.1, 0.15) is 44.9 Å². The van der Waals surface area contributed by atoms with Crippen molar-refractivity contribution in [1.82, 2.24) is 0 Å². The minimum atomic E-state index is 1.14. The maximum Gasteiger partial charge on any atom is -0.00963 e. The van der Waals surface area contributed by atoms with Crippen LogP contribution in [0.2, 0.25) is 0 Å². The van der Waals surface area contributed by atoms with Gasteiger partial charge in [0.1, 0.15) is 0 Å². The van der Waals surface area contributed by atoms with E-state index in [4.69, 9.17) is 0 Å². The molecule has 0 fully saturated rings. The summed E-state index contributed by atoms with van der Waals surface area (Å²) in [6.07, 6.45) is 18.0. The van der Waals surface area contributed by atoms with E-state index < -0.39 is 0 Å². The molecule has 0 nitrogen and oxygen atoms in total. The molecule has 0 spiro atoms. The number of allylic oxidation sites excluding steroid dienone is 7. The first-order valence-corrected chi connectivity index (χ1v) is 6.09. The molecule has 2 aliphatic rings. The van der Waals surface area contributed by atoms with Gasteiger partial charge in [-0.1, -0.05) is 48.5 Å². The molecular weight excluding hydrogens is 180 g/mol. The van der Waals surface area contributed by atoms with Gasteiger partial charge < -0.3 is 0 Å². The SMILES string of the molecule is C=CC1=C(CC2=CCCCCC2)CC=C1. The molecule has 0 atom stereocenters. The molecule has 0 aliphatic heterocycles. The van der Waals surface area contributed by atoms with E-state index in [1.165, 1.54) is 44.1 Å². The minimum absolute atomic E-state index is 1.14. The van der Waals surface area contributed by atoms with Crippen LogP contribution >= 0.6 is 0 Å². The highest BCUT2D eigenvalue weighted by Crippen LogP contribution is 2.29. The van der Waals surface area contributed by atoms with Gasteiger partial charge in [0.05, 0.1) is 0 Å². The van der Waals surface area contributed by atoms with Gasteiger partial charge in [-0.05, 0) is 44.1 Å². The van der Waals surface area contributed by atoms with Crippen molar-refractivity contribution in [2.45, 2.75) is 44.9 Å². The molecule has 0 aromatic rings. The van der Waals surface area contributed by atoms with Gasteiger partial charge in [-0.3, -0.25) is 0 Å². The van der Waals surface area contributed by atoms with Gasteiger partial charge in [0, 0.05) is 0 Å². The van der Waals surface area contributed by atoms with Crippen molar-refractivity contribution in [2.75, 3.05) is 0 Å². The molecule has 0 saturated heterocycles. The number of hydrogen-bond acceptors (Lipinski definition) is 0. The number of hydrogen-bond donors (Lipinski definition) is 0. The highest BCUT2D eigenvalue weighted by atomic mass is 14.2. The molecule has 0 radical (unpaired) electrons. The van der Waals surface area contributed by atoms with Crippen molar-refractivity contribution >= 4 is 0 Å². The topological polar surface area (TPSA) is 0 Å². The van der Waals surface area contributed by atoms with Crippen molar-refractivity contribution in [3.05, 3.63) is 47.6 Å². The smallest absolute Gasteiger partial charge is 0.00963 e. The van der Waals surface area contributed by atoms with Crippen LogP contribution in [0.25, 0.3) is 0 Å². The molecule has 0 aromatic carbocycles. The summed E-state index contributed by atoms with van der Waals surface area (Å²) in [6, 6.07) is 0. The first kappa shape index (κ1) is 10.5. The summed E-state index contributed by atoms with van der Waals surface area (Å²) in [5.74, 6) is 0. The molecule has 0 heterocycles. The van der Waals surface area contributed by atoms with Crippen LogP contribution in [-0.4, -0.2) is 0 Å². The lowest BCUT2D eigenvalue weighted by Gasteiger charge is -2.07. The number of rotatable bonds is 3. The normalized spacial score (nSPS) is 21.5. The highest BCUT2D eigenvalue weighted by Gasteiger charge is 2.10. The van der Waals surface area contributed by atoms with Crippen LogP contribution in [0.5, 0.6) is 0 Å². The summed E-state index contributed by atoms with van der Waals surface area (Å²) < 4.78 is 0. The van der Waals surface area contributed by atoms with E-state index in [1.54, 1.807) is 11.1 Å². The molecule has 0 N–H and O–H groups in total. The summed E-state index contributed by atoms with van der Waals surface area (Å²) in [5, 5.41) is 0. The molecule has 2 rings (SSSR count). The van der Waals surface area contributed by atoms with Gasteiger partial charge >= 0.3 is 0 Å². The molecule has 0 saturated carbocycles. The Labute approximate surface area is 93.1 Å². The lowest BCUT2D eigenvalue weighted by atomic mass is 9.98. The van der Waals surface area contributed by atoms with E-state index in [9.17, 15) is 0 Å². The van der Waals surface area contributed by atoms with E-state index in [-0.39, 0.29) is 0 Å². The van der Waals surface area contributed by atoms with Gasteiger partial charge in [-0.2, -0.15) is 0 Å². The highest BCUT2D eigenvalue weighted by molar-refractivity contribution is 5.42. The Morgan fingerprint density at radius 1 is 1.27 bits per heavy atom. The first-order valence-electron chi connectivity index (χ1n) is 6.09. The standard InChI is InChI=1S/C15H20/c1-2-14-10-7-11-15(14)12-13-8-5-3-4-6-9-13/h2,7-8,10H,1,3-6,9,11-12H2. The lowest BCUT2D eigenvalue weighted by Crippen LogP contribution is -1.88. The zero-order chi connectivity index (χ0) is 10.5. The lowest BCUT2D eigenvalue weighted by molar-refractivity contribution is 0.706. The van der Waals surface area contributed by atoms with Crippen molar-refractivity contribution in [1.29, 1.82) is 0 Å². The maximum atomic E-state index is 3.88. The van der Waals surface area contributed by atoms with Crippen LogP contribution < -0.4 is 0 Å². The Morgan fingerprint density at radius 2 is 2.20 bits per heavy atom. The Kier molecular flexibility index (Phi) is 3.60. The van der Waals surface area contributed by atoms with Crippen molar-refractivity contribution < 1.29 is 0 Å². The summed E-state index contributed by atoms with van der Waals surface area (Å²) in [6.45, 7) is 3.88. The van der Waals surface area contributed by atoms with E-state index in [0.717, 1.165) is 6.42 Å². The van der Waals surface area contributed by atoms with E-state index in [0.29, 0.717) is 0 Å². The third kappa shape index (κ3) is 2.71. The van der Waals surface area contributed by atoms with E-state index in [1.807, 2.05) is 6.08 Å². The molecular formula is C15H20. The second-order valence-corrected chi connectivity index (χ2v) is 4.51. The maximum absolute atomic E-state index is 3.88. The van der Waals surface area contributed by atoms with Crippen LogP contribution in [0, 0.1) is 0 Å². The van der Waals surface area contributed by atoms with Gasteiger partial charge in [0.15, 0.2) is 0 Å². The first-order chi connectivity index (χ1) is 7.40. The minimum Gasteiger partial charge on any atom is -0.0985 e. The zero-order valence-electron chi connectivity index (χ0n) is 9.47. The molecule has 0 unspecified atom stereocenters. The second-order valence-electron chi connectivity index (χ2n) is 4.51. The third-order valence-corrected chi connectivity index (χ3v) is 3.37. The molecule has 0 amide bonds. The Balaban J connectivity index is 2.02. The third-order valence-electron chi connectivity index (χ3n) is 3.37. The zero-order valence-corrected chi connectivity index (χ0v) is 9.47. The quantitative estimate of drug-likeness (QED) is 0.579. The summed E-state index contributed by atoms with van der Waals surface area (Å²) >= 11 is 0. The predicted octanol–water partition coefficient (Wildman–Crippen LogP) is 4.71. The van der Waals surface area contributed by atoms with Crippen molar-refractivity contribution in [3.63, 3.8) is 0 Å². The van der Waals surface area contributed by atoms with Crippen LogP contribution in [0.3, 0.4) is 0 Å². The fourth-order valence-electron chi connectivity index (χ4n) is 2.47. The summed E-state index contributed by atoms with van der Waals surface area (Å²) in [5.41, 5.74) is 4.59. The molecule has 0 aromatic heterocycles. The molecule has 0 heteroatoms. The molecule has 2 aliphatic carbocycles. The van der Waals surface area contributed by atoms with E-state index >= 15 is 0 Å². The fraction of sp³-hybridized carbons (Fsp3) is 0.467. The van der Waals surface area contributed by atoms with Gasteiger partial charge in [0.25, 0.3) is 0 Å². The Bertz CT molecular complexity index is 326. The molecule has 80 valence electrons. The summed E-state index contributed by atoms with van der Waals surface area (Å²) in [7, 11) is 0.